The van der Waals surface area contributed by atoms with Crippen molar-refractivity contribution in [2.45, 2.75) is 19.0 Å². The number of hydrogen-bond acceptors (Lipinski definition) is 3. The number of hydrogen-bond donors (Lipinski definition) is 2. The zero-order chi connectivity index (χ0) is 16.5. The Bertz CT molecular complexity index is 479. The van der Waals surface area contributed by atoms with Crippen LogP contribution in [0.15, 0.2) is 29.3 Å². The quantitative estimate of drug-likeness (QED) is 0.594. The third-order valence-electron chi connectivity index (χ3n) is 3.34. The Morgan fingerprint density at radius 1 is 1.41 bits per heavy atom. The lowest BCUT2D eigenvalue weighted by atomic mass is 10.1. The van der Waals surface area contributed by atoms with Crippen molar-refractivity contribution in [1.29, 1.82) is 0 Å². The summed E-state index contributed by atoms with van der Waals surface area (Å²) < 4.78 is 18.5. The van der Waals surface area contributed by atoms with Crippen LogP contribution in [0.25, 0.3) is 0 Å². The van der Waals surface area contributed by atoms with E-state index in [-0.39, 0.29) is 17.9 Å². The number of aliphatic imine (C=N–C) groups is 1. The van der Waals surface area contributed by atoms with Gasteiger partial charge in [0.05, 0.1) is 12.6 Å². The number of halogens is 1. The third-order valence-corrected chi connectivity index (χ3v) is 3.34. The van der Waals surface area contributed by atoms with Gasteiger partial charge in [0.1, 0.15) is 5.82 Å². The Kier molecular flexibility index (Phi) is 7.84. The van der Waals surface area contributed by atoms with E-state index in [1.165, 1.54) is 6.07 Å². The van der Waals surface area contributed by atoms with Crippen LogP contribution < -0.4 is 10.6 Å². The van der Waals surface area contributed by atoms with Gasteiger partial charge < -0.3 is 20.3 Å². The molecule has 0 fully saturated rings. The van der Waals surface area contributed by atoms with Gasteiger partial charge in [-0.05, 0) is 38.7 Å². The highest BCUT2D eigenvalue weighted by molar-refractivity contribution is 5.80. The highest BCUT2D eigenvalue weighted by Crippen LogP contribution is 2.18. The monoisotopic (exact) mass is 310 g/mol. The number of ether oxygens (including phenoxy) is 1. The molecule has 1 aromatic rings. The van der Waals surface area contributed by atoms with Crippen molar-refractivity contribution in [3.8, 4) is 0 Å². The van der Waals surface area contributed by atoms with E-state index in [1.54, 1.807) is 26.3 Å². The maximum absolute atomic E-state index is 13.4. The molecule has 0 aromatic heterocycles. The highest BCUT2D eigenvalue weighted by Gasteiger charge is 2.15. The highest BCUT2D eigenvalue weighted by atomic mass is 19.1. The Hall–Kier alpha value is -1.66. The molecule has 5 nitrogen and oxygen atoms in total. The molecule has 2 unspecified atom stereocenters. The van der Waals surface area contributed by atoms with Crippen LogP contribution in [0.2, 0.25) is 0 Å². The summed E-state index contributed by atoms with van der Waals surface area (Å²) in [4.78, 5) is 6.25. The lowest BCUT2D eigenvalue weighted by Gasteiger charge is -2.26. The van der Waals surface area contributed by atoms with E-state index in [0.717, 1.165) is 5.56 Å². The van der Waals surface area contributed by atoms with Crippen molar-refractivity contribution in [2.75, 3.05) is 41.4 Å². The van der Waals surface area contributed by atoms with Crippen LogP contribution in [-0.4, -0.2) is 58.3 Å². The number of likely N-dealkylation sites (N-methyl/N-ethyl adjacent to an activating group) is 1. The topological polar surface area (TPSA) is 48.9 Å². The summed E-state index contributed by atoms with van der Waals surface area (Å²) in [7, 11) is 7.34. The van der Waals surface area contributed by atoms with Gasteiger partial charge in [-0.15, -0.1) is 0 Å². The lowest BCUT2D eigenvalue weighted by Crippen LogP contribution is -2.46. The van der Waals surface area contributed by atoms with Gasteiger partial charge in [0, 0.05) is 26.7 Å². The van der Waals surface area contributed by atoms with Gasteiger partial charge in [0.2, 0.25) is 0 Å². The molecule has 0 aliphatic heterocycles. The van der Waals surface area contributed by atoms with Crippen LogP contribution >= 0.6 is 0 Å². The van der Waals surface area contributed by atoms with Crippen LogP contribution in [0.3, 0.4) is 0 Å². The Labute approximate surface area is 132 Å². The van der Waals surface area contributed by atoms with E-state index in [4.69, 9.17) is 4.74 Å². The molecule has 0 aliphatic carbocycles. The van der Waals surface area contributed by atoms with E-state index in [0.29, 0.717) is 19.1 Å². The van der Waals surface area contributed by atoms with E-state index in [1.807, 2.05) is 32.0 Å². The molecule has 2 N–H and O–H groups in total. The first-order chi connectivity index (χ1) is 10.5. The molecule has 0 heterocycles. The number of methoxy groups -OCH3 is 1. The zero-order valence-corrected chi connectivity index (χ0v) is 14.1. The molecule has 124 valence electrons. The van der Waals surface area contributed by atoms with Gasteiger partial charge in [-0.25, -0.2) is 4.39 Å². The summed E-state index contributed by atoms with van der Waals surface area (Å²) in [5.41, 5.74) is 0.929. The Morgan fingerprint density at radius 3 is 2.68 bits per heavy atom. The molecule has 2 atom stereocenters. The molecule has 1 aromatic carbocycles. The molecule has 0 amide bonds. The van der Waals surface area contributed by atoms with Gasteiger partial charge >= 0.3 is 0 Å². The van der Waals surface area contributed by atoms with Gasteiger partial charge in [0.15, 0.2) is 5.96 Å². The van der Waals surface area contributed by atoms with E-state index in [9.17, 15) is 4.39 Å². The van der Waals surface area contributed by atoms with Gasteiger partial charge in [0.25, 0.3) is 0 Å². The summed E-state index contributed by atoms with van der Waals surface area (Å²) in [6.45, 7) is 3.24. The number of nitrogens with zero attached hydrogens (tertiary/aromatic N) is 2. The predicted octanol–water partition coefficient (Wildman–Crippen LogP) is 1.63. The second-order valence-corrected chi connectivity index (χ2v) is 5.49. The van der Waals surface area contributed by atoms with Gasteiger partial charge in [-0.3, -0.25) is 4.99 Å². The summed E-state index contributed by atoms with van der Waals surface area (Å²) in [5, 5.41) is 6.52. The summed E-state index contributed by atoms with van der Waals surface area (Å²) >= 11 is 0. The fourth-order valence-electron chi connectivity index (χ4n) is 2.23. The molecule has 0 radical (unpaired) electrons. The first-order valence-corrected chi connectivity index (χ1v) is 7.36. The van der Waals surface area contributed by atoms with E-state index in [2.05, 4.69) is 15.6 Å². The first kappa shape index (κ1) is 18.4. The van der Waals surface area contributed by atoms with Gasteiger partial charge in [-0.2, -0.15) is 0 Å². The van der Waals surface area contributed by atoms with Crippen molar-refractivity contribution < 1.29 is 9.13 Å². The van der Waals surface area contributed by atoms with Crippen LogP contribution in [0.4, 0.5) is 4.39 Å². The fraction of sp³-hybridized carbons (Fsp3) is 0.562. The minimum atomic E-state index is -0.222. The van der Waals surface area contributed by atoms with Crippen molar-refractivity contribution in [3.05, 3.63) is 35.6 Å². The molecule has 22 heavy (non-hydrogen) atoms. The van der Waals surface area contributed by atoms with Crippen molar-refractivity contribution in [2.24, 2.45) is 4.99 Å². The van der Waals surface area contributed by atoms with Crippen molar-refractivity contribution in [1.82, 2.24) is 15.5 Å². The molecular formula is C16H27FN4O. The minimum absolute atomic E-state index is 0.0481. The summed E-state index contributed by atoms with van der Waals surface area (Å²) in [6.07, 6.45) is 0. The van der Waals surface area contributed by atoms with Crippen LogP contribution in [0.5, 0.6) is 0 Å². The van der Waals surface area contributed by atoms with Gasteiger partial charge in [-0.1, -0.05) is 12.1 Å². The summed E-state index contributed by atoms with van der Waals surface area (Å²) in [5.74, 6) is 0.480. The normalized spacial score (nSPS) is 14.8. The largest absolute Gasteiger partial charge is 0.383 e. The summed E-state index contributed by atoms with van der Waals surface area (Å²) in [6, 6.07) is 6.89. The number of guanidine groups is 1. The molecule has 0 spiro atoms. The standard InChI is InChI=1S/C16H27FN4O/c1-12(11-22-5)20-16(18-2)19-10-15(21(3)4)13-7-6-8-14(17)9-13/h6-9,12,15H,10-11H2,1-5H3,(H2,18,19,20). The molecule has 6 heteroatoms. The molecule has 0 saturated carbocycles. The van der Waals surface area contributed by atoms with Crippen LogP contribution in [0, 0.1) is 5.82 Å². The Balaban J connectivity index is 2.68. The average Bonchev–Trinajstić information content (AvgIpc) is 2.46. The van der Waals surface area contributed by atoms with Crippen LogP contribution in [0.1, 0.15) is 18.5 Å². The molecule has 0 saturated heterocycles. The fourth-order valence-corrected chi connectivity index (χ4v) is 2.23. The number of rotatable bonds is 7. The Morgan fingerprint density at radius 2 is 2.14 bits per heavy atom. The second-order valence-electron chi connectivity index (χ2n) is 5.49. The molecule has 1 rings (SSSR count). The minimum Gasteiger partial charge on any atom is -0.383 e. The van der Waals surface area contributed by atoms with Crippen molar-refractivity contribution in [3.63, 3.8) is 0 Å². The van der Waals surface area contributed by atoms with Crippen molar-refractivity contribution >= 4 is 5.96 Å². The smallest absolute Gasteiger partial charge is 0.191 e. The van der Waals surface area contributed by atoms with E-state index >= 15 is 0 Å². The third kappa shape index (κ3) is 5.99. The molecule has 0 aliphatic rings. The first-order valence-electron chi connectivity index (χ1n) is 7.36. The zero-order valence-electron chi connectivity index (χ0n) is 14.1. The molecule has 0 bridgehead atoms. The SMILES string of the molecule is CN=C(NCC(c1cccc(F)c1)N(C)C)NC(C)COC. The lowest BCUT2D eigenvalue weighted by molar-refractivity contribution is 0.179. The van der Waals surface area contributed by atoms with E-state index < -0.39 is 0 Å². The maximum Gasteiger partial charge on any atom is 0.191 e. The van der Waals surface area contributed by atoms with Crippen LogP contribution in [-0.2, 0) is 4.74 Å². The number of nitrogens with one attached hydrogen (secondary N) is 2. The second kappa shape index (κ2) is 9.38. The molecular weight excluding hydrogens is 283 g/mol. The predicted molar refractivity (Wildman–Crippen MR) is 88.7 cm³/mol. The number of benzene rings is 1. The maximum atomic E-state index is 13.4. The average molecular weight is 310 g/mol.